The average Bonchev–Trinajstić information content (AvgIpc) is 2.33. The molecule has 2 rings (SSSR count). The first-order chi connectivity index (χ1) is 7.79. The predicted octanol–water partition coefficient (Wildman–Crippen LogP) is 1.01. The molecule has 1 aromatic rings. The van der Waals surface area contributed by atoms with Crippen molar-refractivity contribution in [2.24, 2.45) is 5.73 Å². The average molecular weight is 221 g/mol. The number of pyridine rings is 1. The Balaban J connectivity index is 1.98. The van der Waals surface area contributed by atoms with Gasteiger partial charge in [0.05, 0.1) is 0 Å². The molecular weight excluding hydrogens is 202 g/mol. The van der Waals surface area contributed by atoms with Gasteiger partial charge in [-0.05, 0) is 26.0 Å². The topological polar surface area (TPSA) is 51.4 Å². The minimum atomic E-state index is 0.323. The Bertz CT molecular complexity index is 335. The molecule has 16 heavy (non-hydrogen) atoms. The second-order valence-electron chi connectivity index (χ2n) is 4.31. The molecular formula is C12H19N3O. The van der Waals surface area contributed by atoms with Crippen LogP contribution in [0.15, 0.2) is 18.5 Å². The molecule has 1 aliphatic rings. The van der Waals surface area contributed by atoms with Crippen molar-refractivity contribution in [3.8, 4) is 5.75 Å². The van der Waals surface area contributed by atoms with E-state index in [-0.39, 0.29) is 0 Å². The van der Waals surface area contributed by atoms with Crippen molar-refractivity contribution < 1.29 is 4.74 Å². The molecule has 0 amide bonds. The summed E-state index contributed by atoms with van der Waals surface area (Å²) in [7, 11) is 2.15. The van der Waals surface area contributed by atoms with Crippen molar-refractivity contribution in [2.45, 2.75) is 25.5 Å². The van der Waals surface area contributed by atoms with E-state index >= 15 is 0 Å². The van der Waals surface area contributed by atoms with Crippen molar-refractivity contribution in [3.05, 3.63) is 24.0 Å². The van der Waals surface area contributed by atoms with Crippen molar-refractivity contribution in [2.75, 3.05) is 20.1 Å². The highest BCUT2D eigenvalue weighted by atomic mass is 16.5. The van der Waals surface area contributed by atoms with Crippen molar-refractivity contribution in [3.63, 3.8) is 0 Å². The van der Waals surface area contributed by atoms with Gasteiger partial charge in [0, 0.05) is 37.6 Å². The highest BCUT2D eigenvalue weighted by Gasteiger charge is 2.18. The third-order valence-electron chi connectivity index (χ3n) is 3.04. The third kappa shape index (κ3) is 2.71. The molecule has 1 saturated heterocycles. The molecule has 4 heteroatoms. The molecule has 0 aromatic carbocycles. The lowest BCUT2D eigenvalue weighted by molar-refractivity contribution is 0.113. The summed E-state index contributed by atoms with van der Waals surface area (Å²) in [6.07, 6.45) is 6.03. The SMILES string of the molecule is CN1CCC(Oc2ccncc2CN)CC1. The molecule has 88 valence electrons. The van der Waals surface area contributed by atoms with E-state index < -0.39 is 0 Å². The van der Waals surface area contributed by atoms with Gasteiger partial charge in [0.1, 0.15) is 11.9 Å². The highest BCUT2D eigenvalue weighted by Crippen LogP contribution is 2.21. The van der Waals surface area contributed by atoms with Crippen LogP contribution in [-0.4, -0.2) is 36.1 Å². The number of hydrogen-bond acceptors (Lipinski definition) is 4. The van der Waals surface area contributed by atoms with E-state index in [0.717, 1.165) is 37.2 Å². The Morgan fingerprint density at radius 2 is 2.25 bits per heavy atom. The Labute approximate surface area is 96.4 Å². The number of nitrogens with zero attached hydrogens (tertiary/aromatic N) is 2. The van der Waals surface area contributed by atoms with E-state index in [2.05, 4.69) is 16.9 Å². The van der Waals surface area contributed by atoms with Crippen LogP contribution in [0.1, 0.15) is 18.4 Å². The van der Waals surface area contributed by atoms with Gasteiger partial charge in [-0.25, -0.2) is 0 Å². The first-order valence-electron chi connectivity index (χ1n) is 5.77. The van der Waals surface area contributed by atoms with Crippen LogP contribution in [-0.2, 0) is 6.54 Å². The van der Waals surface area contributed by atoms with Crippen LogP contribution in [0, 0.1) is 0 Å². The zero-order valence-corrected chi connectivity index (χ0v) is 9.72. The second kappa shape index (κ2) is 5.27. The van der Waals surface area contributed by atoms with E-state index in [1.54, 1.807) is 12.4 Å². The van der Waals surface area contributed by atoms with Crippen LogP contribution in [0.25, 0.3) is 0 Å². The van der Waals surface area contributed by atoms with Crippen LogP contribution in [0.5, 0.6) is 5.75 Å². The van der Waals surface area contributed by atoms with E-state index in [0.29, 0.717) is 12.6 Å². The molecule has 0 radical (unpaired) electrons. The lowest BCUT2D eigenvalue weighted by Gasteiger charge is -2.29. The maximum Gasteiger partial charge on any atom is 0.127 e. The fourth-order valence-electron chi connectivity index (χ4n) is 1.96. The van der Waals surface area contributed by atoms with Crippen LogP contribution >= 0.6 is 0 Å². The molecule has 1 aliphatic heterocycles. The number of nitrogens with two attached hydrogens (primary N) is 1. The van der Waals surface area contributed by atoms with Crippen LogP contribution in [0.2, 0.25) is 0 Å². The molecule has 0 bridgehead atoms. The molecule has 0 atom stereocenters. The normalized spacial score (nSPS) is 18.6. The van der Waals surface area contributed by atoms with Gasteiger partial charge in [0.25, 0.3) is 0 Å². The molecule has 0 spiro atoms. The van der Waals surface area contributed by atoms with E-state index in [1.165, 1.54) is 0 Å². The molecule has 2 heterocycles. The molecule has 0 saturated carbocycles. The van der Waals surface area contributed by atoms with Gasteiger partial charge in [-0.1, -0.05) is 0 Å². The van der Waals surface area contributed by atoms with Gasteiger partial charge in [-0.15, -0.1) is 0 Å². The van der Waals surface area contributed by atoms with Gasteiger partial charge in [-0.2, -0.15) is 0 Å². The summed E-state index contributed by atoms with van der Waals surface area (Å²) in [5.74, 6) is 0.895. The lowest BCUT2D eigenvalue weighted by Crippen LogP contribution is -2.35. The van der Waals surface area contributed by atoms with Gasteiger partial charge in [-0.3, -0.25) is 4.98 Å². The molecule has 2 N–H and O–H groups in total. The number of likely N-dealkylation sites (tertiary alicyclic amines) is 1. The second-order valence-corrected chi connectivity index (χ2v) is 4.31. The third-order valence-corrected chi connectivity index (χ3v) is 3.04. The molecule has 0 unspecified atom stereocenters. The van der Waals surface area contributed by atoms with E-state index in [4.69, 9.17) is 10.5 Å². The minimum absolute atomic E-state index is 0.323. The zero-order chi connectivity index (χ0) is 11.4. The van der Waals surface area contributed by atoms with E-state index in [9.17, 15) is 0 Å². The largest absolute Gasteiger partial charge is 0.490 e. The fraction of sp³-hybridized carbons (Fsp3) is 0.583. The van der Waals surface area contributed by atoms with Crippen molar-refractivity contribution in [1.82, 2.24) is 9.88 Å². The summed E-state index contributed by atoms with van der Waals surface area (Å²) in [4.78, 5) is 6.38. The number of rotatable bonds is 3. The molecule has 1 aromatic heterocycles. The Morgan fingerprint density at radius 1 is 1.50 bits per heavy atom. The first kappa shape index (κ1) is 11.4. The van der Waals surface area contributed by atoms with E-state index in [1.807, 2.05) is 6.07 Å². The van der Waals surface area contributed by atoms with Crippen LogP contribution in [0.4, 0.5) is 0 Å². The predicted molar refractivity (Wildman–Crippen MR) is 63.3 cm³/mol. The fourth-order valence-corrected chi connectivity index (χ4v) is 1.96. The summed E-state index contributed by atoms with van der Waals surface area (Å²) in [6, 6.07) is 1.90. The van der Waals surface area contributed by atoms with Crippen LogP contribution < -0.4 is 10.5 Å². The summed E-state index contributed by atoms with van der Waals surface area (Å²) in [5, 5.41) is 0. The summed E-state index contributed by atoms with van der Waals surface area (Å²) in [6.45, 7) is 2.69. The monoisotopic (exact) mass is 221 g/mol. The maximum atomic E-state index is 5.98. The minimum Gasteiger partial charge on any atom is -0.490 e. The first-order valence-corrected chi connectivity index (χ1v) is 5.77. The quantitative estimate of drug-likeness (QED) is 0.827. The van der Waals surface area contributed by atoms with Gasteiger partial charge < -0.3 is 15.4 Å². The van der Waals surface area contributed by atoms with Gasteiger partial charge >= 0.3 is 0 Å². The summed E-state index contributed by atoms with van der Waals surface area (Å²) >= 11 is 0. The molecule has 0 aliphatic carbocycles. The molecule has 4 nitrogen and oxygen atoms in total. The highest BCUT2D eigenvalue weighted by molar-refractivity contribution is 5.30. The lowest BCUT2D eigenvalue weighted by atomic mass is 10.1. The number of piperidine rings is 1. The van der Waals surface area contributed by atoms with Crippen molar-refractivity contribution >= 4 is 0 Å². The Kier molecular flexibility index (Phi) is 3.74. The Hall–Kier alpha value is -1.13. The van der Waals surface area contributed by atoms with Gasteiger partial charge in [0.15, 0.2) is 0 Å². The summed E-state index contributed by atoms with van der Waals surface area (Å²) in [5.41, 5.74) is 6.64. The molecule has 1 fully saturated rings. The standard InChI is InChI=1S/C12H19N3O/c1-15-6-3-11(4-7-15)16-12-2-5-14-9-10(12)8-13/h2,5,9,11H,3-4,6-8,13H2,1H3. The van der Waals surface area contributed by atoms with Gasteiger partial charge in [0.2, 0.25) is 0 Å². The zero-order valence-electron chi connectivity index (χ0n) is 9.72. The van der Waals surface area contributed by atoms with Crippen LogP contribution in [0.3, 0.4) is 0 Å². The number of hydrogen-bond donors (Lipinski definition) is 1. The maximum absolute atomic E-state index is 5.98. The van der Waals surface area contributed by atoms with Crippen molar-refractivity contribution in [1.29, 1.82) is 0 Å². The summed E-state index contributed by atoms with van der Waals surface area (Å²) < 4.78 is 5.98. The number of ether oxygens (including phenoxy) is 1. The number of aromatic nitrogens is 1. The smallest absolute Gasteiger partial charge is 0.127 e. The Morgan fingerprint density at radius 3 is 2.94 bits per heavy atom.